The van der Waals surface area contributed by atoms with Crippen LogP contribution in [0, 0.1) is 6.92 Å². The van der Waals surface area contributed by atoms with Gasteiger partial charge in [0.1, 0.15) is 0 Å². The van der Waals surface area contributed by atoms with Gasteiger partial charge >= 0.3 is 0 Å². The molecule has 0 aliphatic carbocycles. The molecule has 1 N–H and O–H groups in total. The third-order valence-electron chi connectivity index (χ3n) is 3.86. The molecular weight excluding hydrogens is 370 g/mol. The van der Waals surface area contributed by atoms with Crippen LogP contribution >= 0.6 is 23.4 Å². The number of aromatic nitrogens is 2. The number of rotatable bonds is 6. The standard InChI is InChI=1S/C19H18ClN3O2S/c1-12-7-3-4-8-14(12)18-22-23-19(25-18)26-11-17(24)21-13(2)15-9-5-6-10-16(15)20/h3-10,13H,11H2,1-2H3,(H,21,24). The summed E-state index contributed by atoms with van der Waals surface area (Å²) < 4.78 is 5.65. The normalized spacial score (nSPS) is 12.0. The lowest BCUT2D eigenvalue weighted by Gasteiger charge is -2.15. The van der Waals surface area contributed by atoms with Crippen LogP contribution in [0.25, 0.3) is 11.5 Å². The predicted octanol–water partition coefficient (Wildman–Crippen LogP) is 4.67. The summed E-state index contributed by atoms with van der Waals surface area (Å²) in [7, 11) is 0. The highest BCUT2D eigenvalue weighted by atomic mass is 35.5. The van der Waals surface area contributed by atoms with Crippen LogP contribution < -0.4 is 5.32 Å². The maximum atomic E-state index is 12.2. The highest BCUT2D eigenvalue weighted by Gasteiger charge is 2.15. The molecule has 1 heterocycles. The summed E-state index contributed by atoms with van der Waals surface area (Å²) in [5.74, 6) is 0.512. The third kappa shape index (κ3) is 4.45. The Morgan fingerprint density at radius 2 is 1.92 bits per heavy atom. The maximum Gasteiger partial charge on any atom is 0.277 e. The minimum Gasteiger partial charge on any atom is -0.411 e. The van der Waals surface area contributed by atoms with Crippen LogP contribution in [0.1, 0.15) is 24.1 Å². The molecule has 0 aliphatic heterocycles. The van der Waals surface area contributed by atoms with Gasteiger partial charge in [-0.1, -0.05) is 59.8 Å². The summed E-state index contributed by atoms with van der Waals surface area (Å²) in [5.41, 5.74) is 2.83. The molecule has 0 fully saturated rings. The van der Waals surface area contributed by atoms with Gasteiger partial charge in [0.15, 0.2) is 0 Å². The molecule has 26 heavy (non-hydrogen) atoms. The molecule has 2 aromatic carbocycles. The molecule has 0 saturated carbocycles. The Morgan fingerprint density at radius 1 is 1.19 bits per heavy atom. The fraction of sp³-hybridized carbons (Fsp3) is 0.211. The number of hydrogen-bond acceptors (Lipinski definition) is 5. The Balaban J connectivity index is 1.57. The van der Waals surface area contributed by atoms with Crippen LogP contribution in [-0.2, 0) is 4.79 Å². The molecule has 0 bridgehead atoms. The SMILES string of the molecule is Cc1ccccc1-c1nnc(SCC(=O)NC(C)c2ccccc2Cl)o1. The first-order valence-corrected chi connectivity index (χ1v) is 9.47. The second-order valence-electron chi connectivity index (χ2n) is 5.79. The molecule has 1 unspecified atom stereocenters. The van der Waals surface area contributed by atoms with Crippen LogP contribution in [0.4, 0.5) is 0 Å². The van der Waals surface area contributed by atoms with E-state index < -0.39 is 0 Å². The zero-order valence-corrected chi connectivity index (χ0v) is 16.0. The number of benzene rings is 2. The van der Waals surface area contributed by atoms with Crippen LogP contribution in [0.5, 0.6) is 0 Å². The van der Waals surface area contributed by atoms with Gasteiger partial charge in [-0.25, -0.2) is 0 Å². The summed E-state index contributed by atoms with van der Waals surface area (Å²) in [6.07, 6.45) is 0. The minimum absolute atomic E-state index is 0.127. The highest BCUT2D eigenvalue weighted by Crippen LogP contribution is 2.26. The van der Waals surface area contributed by atoms with Gasteiger partial charge in [0.25, 0.3) is 5.22 Å². The first-order chi connectivity index (χ1) is 12.5. The summed E-state index contributed by atoms with van der Waals surface area (Å²) in [4.78, 5) is 12.2. The molecule has 1 aromatic heterocycles. The Kier molecular flexibility index (Phi) is 5.96. The van der Waals surface area contributed by atoms with Crippen LogP contribution in [0.3, 0.4) is 0 Å². The van der Waals surface area contributed by atoms with Gasteiger partial charge in [-0.05, 0) is 37.1 Å². The predicted molar refractivity (Wildman–Crippen MR) is 103 cm³/mol. The van der Waals surface area contributed by atoms with E-state index in [1.165, 1.54) is 11.8 Å². The van der Waals surface area contributed by atoms with Gasteiger partial charge in [0, 0.05) is 10.6 Å². The van der Waals surface area contributed by atoms with E-state index in [0.717, 1.165) is 16.7 Å². The van der Waals surface area contributed by atoms with E-state index >= 15 is 0 Å². The van der Waals surface area contributed by atoms with Gasteiger partial charge in [-0.15, -0.1) is 10.2 Å². The number of aryl methyl sites for hydroxylation is 1. The van der Waals surface area contributed by atoms with Crippen molar-refractivity contribution >= 4 is 29.3 Å². The number of nitrogens with zero attached hydrogens (tertiary/aromatic N) is 2. The van der Waals surface area contributed by atoms with E-state index in [1.807, 2.05) is 56.3 Å². The second kappa shape index (κ2) is 8.38. The van der Waals surface area contributed by atoms with Crippen molar-refractivity contribution in [1.29, 1.82) is 0 Å². The molecule has 0 radical (unpaired) electrons. The van der Waals surface area contributed by atoms with E-state index in [-0.39, 0.29) is 17.7 Å². The fourth-order valence-electron chi connectivity index (χ4n) is 2.50. The number of carbonyl (C=O) groups is 1. The van der Waals surface area contributed by atoms with Gasteiger partial charge in [-0.2, -0.15) is 0 Å². The first-order valence-electron chi connectivity index (χ1n) is 8.10. The molecule has 3 rings (SSSR count). The molecule has 0 aliphatic rings. The van der Waals surface area contributed by atoms with Crippen molar-refractivity contribution in [1.82, 2.24) is 15.5 Å². The van der Waals surface area contributed by atoms with Gasteiger partial charge in [0.2, 0.25) is 11.8 Å². The Labute approximate surface area is 161 Å². The highest BCUT2D eigenvalue weighted by molar-refractivity contribution is 7.99. The third-order valence-corrected chi connectivity index (χ3v) is 5.02. The maximum absolute atomic E-state index is 12.2. The Hall–Kier alpha value is -2.31. The van der Waals surface area contributed by atoms with E-state index in [2.05, 4.69) is 15.5 Å². The molecule has 3 aromatic rings. The minimum atomic E-state index is -0.179. The lowest BCUT2D eigenvalue weighted by Crippen LogP contribution is -2.28. The first kappa shape index (κ1) is 18.5. The summed E-state index contributed by atoms with van der Waals surface area (Å²) in [6, 6.07) is 15.1. The zero-order chi connectivity index (χ0) is 18.5. The molecule has 7 heteroatoms. The Morgan fingerprint density at radius 3 is 2.69 bits per heavy atom. The van der Waals surface area contributed by atoms with Crippen molar-refractivity contribution in [2.75, 3.05) is 5.75 Å². The monoisotopic (exact) mass is 387 g/mol. The lowest BCUT2D eigenvalue weighted by atomic mass is 10.1. The molecule has 0 spiro atoms. The van der Waals surface area contributed by atoms with Crippen LogP contribution in [0.15, 0.2) is 58.2 Å². The summed E-state index contributed by atoms with van der Waals surface area (Å²) in [5, 5.41) is 12.0. The average Bonchev–Trinajstić information content (AvgIpc) is 3.09. The largest absolute Gasteiger partial charge is 0.411 e. The number of halogens is 1. The summed E-state index contributed by atoms with van der Waals surface area (Å²) in [6.45, 7) is 3.88. The van der Waals surface area contributed by atoms with Crippen LogP contribution in [-0.4, -0.2) is 21.9 Å². The van der Waals surface area contributed by atoms with E-state index in [1.54, 1.807) is 6.07 Å². The van der Waals surface area contributed by atoms with Crippen LogP contribution in [0.2, 0.25) is 5.02 Å². The van der Waals surface area contributed by atoms with Gasteiger partial charge in [-0.3, -0.25) is 4.79 Å². The zero-order valence-electron chi connectivity index (χ0n) is 14.4. The number of thioether (sulfide) groups is 1. The molecule has 1 atom stereocenters. The van der Waals surface area contributed by atoms with Crippen molar-refractivity contribution in [2.24, 2.45) is 0 Å². The van der Waals surface area contributed by atoms with Crippen molar-refractivity contribution in [3.05, 3.63) is 64.7 Å². The molecule has 134 valence electrons. The van der Waals surface area contributed by atoms with E-state index in [4.69, 9.17) is 16.0 Å². The van der Waals surface area contributed by atoms with Crippen molar-refractivity contribution in [2.45, 2.75) is 25.1 Å². The molecule has 0 saturated heterocycles. The second-order valence-corrected chi connectivity index (χ2v) is 7.12. The molecule has 5 nitrogen and oxygen atoms in total. The lowest BCUT2D eigenvalue weighted by molar-refractivity contribution is -0.119. The van der Waals surface area contributed by atoms with Crippen molar-refractivity contribution in [3.63, 3.8) is 0 Å². The average molecular weight is 388 g/mol. The van der Waals surface area contributed by atoms with Crippen molar-refractivity contribution in [3.8, 4) is 11.5 Å². The number of carbonyl (C=O) groups excluding carboxylic acids is 1. The smallest absolute Gasteiger partial charge is 0.277 e. The number of hydrogen-bond donors (Lipinski definition) is 1. The van der Waals surface area contributed by atoms with E-state index in [0.29, 0.717) is 16.1 Å². The topological polar surface area (TPSA) is 68.0 Å². The Bertz CT molecular complexity index is 913. The van der Waals surface area contributed by atoms with Crippen molar-refractivity contribution < 1.29 is 9.21 Å². The quantitative estimate of drug-likeness (QED) is 0.622. The van der Waals surface area contributed by atoms with Gasteiger partial charge < -0.3 is 9.73 Å². The summed E-state index contributed by atoms with van der Waals surface area (Å²) >= 11 is 7.37. The number of amides is 1. The molecular formula is C19H18ClN3O2S. The van der Waals surface area contributed by atoms with Gasteiger partial charge in [0.05, 0.1) is 11.8 Å². The van der Waals surface area contributed by atoms with E-state index in [9.17, 15) is 4.79 Å². The fourth-order valence-corrected chi connectivity index (χ4v) is 3.38. The molecule has 1 amide bonds. The number of nitrogens with one attached hydrogen (secondary N) is 1.